The lowest BCUT2D eigenvalue weighted by Gasteiger charge is -2.22. The molecular formula is C18H22N4O4. The summed E-state index contributed by atoms with van der Waals surface area (Å²) < 4.78 is 7.49. The summed E-state index contributed by atoms with van der Waals surface area (Å²) in [6.07, 6.45) is 1.95. The van der Waals surface area contributed by atoms with E-state index < -0.39 is 10.5 Å². The molecule has 2 aromatic rings. The van der Waals surface area contributed by atoms with Crippen LogP contribution in [-0.2, 0) is 5.54 Å². The van der Waals surface area contributed by atoms with Crippen LogP contribution in [0.5, 0.6) is 11.6 Å². The summed E-state index contributed by atoms with van der Waals surface area (Å²) in [4.78, 5) is 23.2. The van der Waals surface area contributed by atoms with E-state index in [0.29, 0.717) is 11.4 Å². The summed E-state index contributed by atoms with van der Waals surface area (Å²) in [6, 6.07) is 6.36. The standard InChI is InChI=1S/C18H22N4O4/c1-11-15(16(23)19-12-9-10-12)20-21(18(2,3)4)17(11)26-14-8-6-5-7-13(14)22(24)25/h5-8,12H,9-10H2,1-4H3,(H,19,23). The van der Waals surface area contributed by atoms with Crippen molar-refractivity contribution in [2.45, 2.75) is 52.1 Å². The molecular weight excluding hydrogens is 336 g/mol. The Balaban J connectivity index is 2.04. The molecule has 1 aliphatic carbocycles. The van der Waals surface area contributed by atoms with Crippen LogP contribution in [0.15, 0.2) is 24.3 Å². The normalized spacial score (nSPS) is 14.2. The molecule has 1 fully saturated rings. The molecule has 1 heterocycles. The van der Waals surface area contributed by atoms with Crippen molar-refractivity contribution in [3.05, 3.63) is 45.6 Å². The minimum absolute atomic E-state index is 0.111. The van der Waals surface area contributed by atoms with E-state index in [2.05, 4.69) is 10.4 Å². The van der Waals surface area contributed by atoms with E-state index in [1.54, 1.807) is 23.7 Å². The molecule has 1 aromatic carbocycles. The van der Waals surface area contributed by atoms with Gasteiger partial charge in [-0.3, -0.25) is 14.9 Å². The van der Waals surface area contributed by atoms with E-state index in [-0.39, 0.29) is 29.1 Å². The molecule has 8 heteroatoms. The van der Waals surface area contributed by atoms with Crippen LogP contribution in [0.4, 0.5) is 5.69 Å². The van der Waals surface area contributed by atoms with Crippen molar-refractivity contribution in [1.82, 2.24) is 15.1 Å². The Kier molecular flexibility index (Phi) is 4.43. The van der Waals surface area contributed by atoms with Gasteiger partial charge in [-0.15, -0.1) is 0 Å². The van der Waals surface area contributed by atoms with Crippen LogP contribution in [0.1, 0.15) is 49.7 Å². The molecule has 0 spiro atoms. The summed E-state index contributed by atoms with van der Waals surface area (Å²) in [5, 5.41) is 18.6. The maximum Gasteiger partial charge on any atom is 0.311 e. The van der Waals surface area contributed by atoms with Gasteiger partial charge in [-0.05, 0) is 46.6 Å². The summed E-state index contributed by atoms with van der Waals surface area (Å²) >= 11 is 0. The molecule has 0 bridgehead atoms. The molecule has 8 nitrogen and oxygen atoms in total. The fourth-order valence-corrected chi connectivity index (χ4v) is 2.55. The van der Waals surface area contributed by atoms with Gasteiger partial charge in [0.05, 0.1) is 10.5 Å². The molecule has 1 saturated carbocycles. The topological polar surface area (TPSA) is 99.3 Å². The zero-order chi connectivity index (χ0) is 19.1. The van der Waals surface area contributed by atoms with Gasteiger partial charge < -0.3 is 10.1 Å². The average Bonchev–Trinajstić information content (AvgIpc) is 3.30. The van der Waals surface area contributed by atoms with Crippen molar-refractivity contribution in [3.63, 3.8) is 0 Å². The van der Waals surface area contributed by atoms with Crippen molar-refractivity contribution in [2.24, 2.45) is 0 Å². The number of nitro groups is 1. The number of para-hydroxylation sites is 2. The molecule has 3 rings (SSSR count). The number of nitrogens with zero attached hydrogens (tertiary/aromatic N) is 3. The molecule has 1 aliphatic rings. The second-order valence-corrected chi connectivity index (χ2v) is 7.44. The van der Waals surface area contributed by atoms with Crippen LogP contribution in [0.25, 0.3) is 0 Å². The van der Waals surface area contributed by atoms with Gasteiger partial charge in [0.15, 0.2) is 5.69 Å². The highest BCUT2D eigenvalue weighted by Gasteiger charge is 2.31. The summed E-state index contributed by atoms with van der Waals surface area (Å²) in [7, 11) is 0. The van der Waals surface area contributed by atoms with Gasteiger partial charge in [-0.25, -0.2) is 4.68 Å². The van der Waals surface area contributed by atoms with Crippen LogP contribution in [0.3, 0.4) is 0 Å². The molecule has 1 amide bonds. The molecule has 0 atom stereocenters. The summed E-state index contributed by atoms with van der Waals surface area (Å²) in [5.74, 6) is 0.188. The van der Waals surface area contributed by atoms with Crippen LogP contribution < -0.4 is 10.1 Å². The number of benzene rings is 1. The van der Waals surface area contributed by atoms with Crippen molar-refractivity contribution < 1.29 is 14.5 Å². The van der Waals surface area contributed by atoms with Crippen LogP contribution >= 0.6 is 0 Å². The van der Waals surface area contributed by atoms with E-state index in [1.807, 2.05) is 20.8 Å². The van der Waals surface area contributed by atoms with E-state index >= 15 is 0 Å². The number of carbonyl (C=O) groups excluding carboxylic acids is 1. The van der Waals surface area contributed by atoms with Crippen LogP contribution in [0, 0.1) is 17.0 Å². The maximum absolute atomic E-state index is 12.5. The highest BCUT2D eigenvalue weighted by molar-refractivity contribution is 5.94. The highest BCUT2D eigenvalue weighted by Crippen LogP contribution is 2.36. The Bertz CT molecular complexity index is 863. The summed E-state index contributed by atoms with van der Waals surface area (Å²) in [5.41, 5.74) is 0.219. The molecule has 26 heavy (non-hydrogen) atoms. The Morgan fingerprint density at radius 1 is 1.35 bits per heavy atom. The molecule has 0 aliphatic heterocycles. The van der Waals surface area contributed by atoms with E-state index in [9.17, 15) is 14.9 Å². The molecule has 0 unspecified atom stereocenters. The maximum atomic E-state index is 12.5. The van der Waals surface area contributed by atoms with E-state index in [1.165, 1.54) is 12.1 Å². The van der Waals surface area contributed by atoms with Gasteiger partial charge in [-0.1, -0.05) is 12.1 Å². The molecule has 1 N–H and O–H groups in total. The third-order valence-electron chi connectivity index (χ3n) is 4.10. The Morgan fingerprint density at radius 3 is 2.58 bits per heavy atom. The molecule has 138 valence electrons. The zero-order valence-electron chi connectivity index (χ0n) is 15.3. The Hall–Kier alpha value is -2.90. The number of hydrogen-bond donors (Lipinski definition) is 1. The smallest absolute Gasteiger partial charge is 0.311 e. The fraction of sp³-hybridized carbons (Fsp3) is 0.444. The fourth-order valence-electron chi connectivity index (χ4n) is 2.55. The molecule has 0 radical (unpaired) electrons. The number of carbonyl (C=O) groups is 1. The number of rotatable bonds is 5. The predicted octanol–water partition coefficient (Wildman–Crippen LogP) is 3.54. The third-order valence-corrected chi connectivity index (χ3v) is 4.10. The SMILES string of the molecule is Cc1c(C(=O)NC2CC2)nn(C(C)(C)C)c1Oc1ccccc1[N+](=O)[O-]. The first-order chi connectivity index (χ1) is 12.2. The lowest BCUT2D eigenvalue weighted by Crippen LogP contribution is -2.28. The number of nitro benzene ring substituents is 1. The van der Waals surface area contributed by atoms with Gasteiger partial charge in [0.25, 0.3) is 5.91 Å². The third kappa shape index (κ3) is 3.54. The molecule has 0 saturated heterocycles. The van der Waals surface area contributed by atoms with Gasteiger partial charge in [0, 0.05) is 17.7 Å². The van der Waals surface area contributed by atoms with Crippen molar-refractivity contribution in [1.29, 1.82) is 0 Å². The van der Waals surface area contributed by atoms with Gasteiger partial charge in [0.2, 0.25) is 11.6 Å². The summed E-state index contributed by atoms with van der Waals surface area (Å²) in [6.45, 7) is 7.51. The number of ether oxygens (including phenoxy) is 1. The Labute approximate surface area is 151 Å². The minimum atomic E-state index is -0.497. The van der Waals surface area contributed by atoms with E-state index in [4.69, 9.17) is 4.74 Å². The van der Waals surface area contributed by atoms with E-state index in [0.717, 1.165) is 12.8 Å². The van der Waals surface area contributed by atoms with Crippen molar-refractivity contribution in [3.8, 4) is 11.6 Å². The number of hydrogen-bond acceptors (Lipinski definition) is 5. The Morgan fingerprint density at radius 2 is 2.00 bits per heavy atom. The number of nitrogens with one attached hydrogen (secondary N) is 1. The average molecular weight is 358 g/mol. The lowest BCUT2D eigenvalue weighted by atomic mass is 10.1. The quantitative estimate of drug-likeness (QED) is 0.651. The van der Waals surface area contributed by atoms with Crippen molar-refractivity contribution in [2.75, 3.05) is 0 Å². The minimum Gasteiger partial charge on any atom is -0.432 e. The van der Waals surface area contributed by atoms with Crippen LogP contribution in [-0.4, -0.2) is 26.7 Å². The molecule has 1 aromatic heterocycles. The highest BCUT2D eigenvalue weighted by atomic mass is 16.6. The van der Waals surface area contributed by atoms with Gasteiger partial charge in [0.1, 0.15) is 0 Å². The van der Waals surface area contributed by atoms with Crippen LogP contribution in [0.2, 0.25) is 0 Å². The predicted molar refractivity (Wildman–Crippen MR) is 95.6 cm³/mol. The lowest BCUT2D eigenvalue weighted by molar-refractivity contribution is -0.385. The first-order valence-electron chi connectivity index (χ1n) is 8.50. The number of aromatic nitrogens is 2. The van der Waals surface area contributed by atoms with Crippen molar-refractivity contribution >= 4 is 11.6 Å². The monoisotopic (exact) mass is 358 g/mol. The second-order valence-electron chi connectivity index (χ2n) is 7.44. The zero-order valence-corrected chi connectivity index (χ0v) is 15.3. The first-order valence-corrected chi connectivity index (χ1v) is 8.50. The second kappa shape index (κ2) is 6.44. The van der Waals surface area contributed by atoms with Gasteiger partial charge in [-0.2, -0.15) is 5.10 Å². The number of amides is 1. The van der Waals surface area contributed by atoms with Gasteiger partial charge >= 0.3 is 5.69 Å². The first kappa shape index (κ1) is 17.9. The largest absolute Gasteiger partial charge is 0.432 e.